The molecule has 0 spiro atoms. The maximum absolute atomic E-state index is 14.8. The SMILES string of the molecule is CCCCCC1CCC(c2ccc(-c3ccc(CC)c(F)c3OC)c(C#N)c2)CC1. The minimum Gasteiger partial charge on any atom is -0.493 e. The van der Waals surface area contributed by atoms with Crippen molar-refractivity contribution in [2.24, 2.45) is 5.92 Å². The largest absolute Gasteiger partial charge is 0.493 e. The van der Waals surface area contributed by atoms with Crippen LogP contribution in [0.25, 0.3) is 11.1 Å². The summed E-state index contributed by atoms with van der Waals surface area (Å²) in [7, 11) is 1.49. The van der Waals surface area contributed by atoms with E-state index >= 15 is 0 Å². The van der Waals surface area contributed by atoms with E-state index in [1.54, 1.807) is 6.07 Å². The van der Waals surface area contributed by atoms with Crippen LogP contribution < -0.4 is 4.74 Å². The molecule has 0 radical (unpaired) electrons. The molecule has 0 N–H and O–H groups in total. The number of methoxy groups -OCH3 is 1. The van der Waals surface area contributed by atoms with E-state index in [0.717, 1.165) is 11.5 Å². The first-order valence-corrected chi connectivity index (χ1v) is 11.5. The van der Waals surface area contributed by atoms with Crippen molar-refractivity contribution in [3.8, 4) is 22.9 Å². The zero-order valence-corrected chi connectivity index (χ0v) is 18.6. The molecule has 3 heteroatoms. The fourth-order valence-corrected chi connectivity index (χ4v) is 4.89. The van der Waals surface area contributed by atoms with Gasteiger partial charge < -0.3 is 4.74 Å². The predicted octanol–water partition coefficient (Wildman–Crippen LogP) is 7.79. The van der Waals surface area contributed by atoms with E-state index in [2.05, 4.69) is 19.1 Å². The van der Waals surface area contributed by atoms with Crippen LogP contribution in [0.2, 0.25) is 0 Å². The van der Waals surface area contributed by atoms with Crippen LogP contribution in [-0.2, 0) is 6.42 Å². The molecular formula is C27H34FNO. The molecule has 30 heavy (non-hydrogen) atoms. The van der Waals surface area contributed by atoms with Gasteiger partial charge in [0.25, 0.3) is 0 Å². The standard InChI is InChI=1S/C27H34FNO/c1-4-6-7-8-19-9-11-21(12-10-19)22-14-15-24(23(17-22)18-29)25-16-13-20(5-2)26(28)27(25)30-3/h13-17,19,21H,4-12H2,1-3H3. The zero-order valence-electron chi connectivity index (χ0n) is 18.6. The van der Waals surface area contributed by atoms with Crippen LogP contribution in [0.1, 0.15) is 87.8 Å². The predicted molar refractivity (Wildman–Crippen MR) is 121 cm³/mol. The van der Waals surface area contributed by atoms with E-state index in [-0.39, 0.29) is 11.6 Å². The average molecular weight is 408 g/mol. The molecule has 0 atom stereocenters. The minimum absolute atomic E-state index is 0.228. The van der Waals surface area contributed by atoms with Crippen molar-refractivity contribution in [3.05, 3.63) is 52.8 Å². The van der Waals surface area contributed by atoms with Gasteiger partial charge in [-0.3, -0.25) is 0 Å². The summed E-state index contributed by atoms with van der Waals surface area (Å²) in [6.07, 6.45) is 10.9. The lowest BCUT2D eigenvalue weighted by molar-refractivity contribution is 0.303. The molecule has 0 aromatic heterocycles. The van der Waals surface area contributed by atoms with Gasteiger partial charge in [-0.2, -0.15) is 5.26 Å². The van der Waals surface area contributed by atoms with Crippen LogP contribution in [0.5, 0.6) is 5.75 Å². The smallest absolute Gasteiger partial charge is 0.168 e. The van der Waals surface area contributed by atoms with E-state index in [1.807, 2.05) is 25.1 Å². The van der Waals surface area contributed by atoms with Crippen molar-refractivity contribution in [2.75, 3.05) is 7.11 Å². The molecule has 2 aromatic carbocycles. The van der Waals surface area contributed by atoms with E-state index in [9.17, 15) is 9.65 Å². The number of nitriles is 1. The van der Waals surface area contributed by atoms with Gasteiger partial charge in [0.05, 0.1) is 18.7 Å². The molecule has 0 aliphatic heterocycles. The first-order chi connectivity index (χ1) is 14.6. The lowest BCUT2D eigenvalue weighted by atomic mass is 9.76. The third-order valence-electron chi connectivity index (χ3n) is 6.75. The molecule has 0 unspecified atom stereocenters. The second-order valence-electron chi connectivity index (χ2n) is 8.60. The van der Waals surface area contributed by atoms with E-state index in [0.29, 0.717) is 29.0 Å². The van der Waals surface area contributed by atoms with Crippen LogP contribution in [0.15, 0.2) is 30.3 Å². The lowest BCUT2D eigenvalue weighted by Crippen LogP contribution is -2.13. The van der Waals surface area contributed by atoms with Gasteiger partial charge in [0.1, 0.15) is 0 Å². The molecule has 0 amide bonds. The van der Waals surface area contributed by atoms with E-state index < -0.39 is 0 Å². The van der Waals surface area contributed by atoms with Gasteiger partial charge in [-0.1, -0.05) is 63.8 Å². The van der Waals surface area contributed by atoms with Crippen molar-refractivity contribution in [2.45, 2.75) is 77.6 Å². The summed E-state index contributed by atoms with van der Waals surface area (Å²) >= 11 is 0. The van der Waals surface area contributed by atoms with Crippen LogP contribution in [0.3, 0.4) is 0 Å². The molecule has 1 aliphatic carbocycles. The molecule has 1 fully saturated rings. The highest BCUT2D eigenvalue weighted by molar-refractivity contribution is 5.77. The molecule has 3 rings (SSSR count). The molecule has 2 aromatic rings. The van der Waals surface area contributed by atoms with Crippen LogP contribution in [-0.4, -0.2) is 7.11 Å². The van der Waals surface area contributed by atoms with Crippen molar-refractivity contribution < 1.29 is 9.13 Å². The van der Waals surface area contributed by atoms with Gasteiger partial charge in [0.15, 0.2) is 11.6 Å². The van der Waals surface area contributed by atoms with E-state index in [4.69, 9.17) is 4.74 Å². The number of hydrogen-bond donors (Lipinski definition) is 0. The Morgan fingerprint density at radius 1 is 1.03 bits per heavy atom. The van der Waals surface area contributed by atoms with Gasteiger partial charge in [-0.15, -0.1) is 0 Å². The number of halogens is 1. The average Bonchev–Trinajstić information content (AvgIpc) is 2.79. The number of nitrogens with zero attached hydrogens (tertiary/aromatic N) is 1. The molecular weight excluding hydrogens is 373 g/mol. The van der Waals surface area contributed by atoms with Crippen LogP contribution in [0, 0.1) is 23.1 Å². The lowest BCUT2D eigenvalue weighted by Gasteiger charge is -2.29. The molecule has 1 aliphatic rings. The highest BCUT2D eigenvalue weighted by Crippen LogP contribution is 2.41. The number of aryl methyl sites for hydroxylation is 1. The first-order valence-electron chi connectivity index (χ1n) is 11.5. The summed E-state index contributed by atoms with van der Waals surface area (Å²) in [5.41, 5.74) is 3.86. The zero-order chi connectivity index (χ0) is 21.5. The molecule has 0 heterocycles. The summed E-state index contributed by atoms with van der Waals surface area (Å²) in [4.78, 5) is 0. The summed E-state index contributed by atoms with van der Waals surface area (Å²) in [6, 6.07) is 12.1. The number of benzene rings is 2. The topological polar surface area (TPSA) is 33.0 Å². The van der Waals surface area contributed by atoms with Gasteiger partial charge >= 0.3 is 0 Å². The second kappa shape index (κ2) is 10.6. The molecule has 0 bridgehead atoms. The Labute approximate surface area is 181 Å². The van der Waals surface area contributed by atoms with Gasteiger partial charge in [-0.05, 0) is 61.1 Å². The number of hydrogen-bond acceptors (Lipinski definition) is 2. The Bertz CT molecular complexity index is 890. The molecule has 0 saturated heterocycles. The van der Waals surface area contributed by atoms with Gasteiger partial charge in [-0.25, -0.2) is 4.39 Å². The van der Waals surface area contributed by atoms with Crippen LogP contribution >= 0.6 is 0 Å². The second-order valence-corrected chi connectivity index (χ2v) is 8.60. The fraction of sp³-hybridized carbons (Fsp3) is 0.519. The molecule has 1 saturated carbocycles. The Balaban J connectivity index is 1.80. The minimum atomic E-state index is -0.327. The van der Waals surface area contributed by atoms with Crippen molar-refractivity contribution in [1.29, 1.82) is 5.26 Å². The highest BCUT2D eigenvalue weighted by atomic mass is 19.1. The highest BCUT2D eigenvalue weighted by Gasteiger charge is 2.24. The van der Waals surface area contributed by atoms with E-state index in [1.165, 1.54) is 64.0 Å². The summed E-state index contributed by atoms with van der Waals surface area (Å²) in [6.45, 7) is 4.18. The molecule has 2 nitrogen and oxygen atoms in total. The van der Waals surface area contributed by atoms with Crippen molar-refractivity contribution in [1.82, 2.24) is 0 Å². The maximum atomic E-state index is 14.8. The van der Waals surface area contributed by atoms with Crippen molar-refractivity contribution in [3.63, 3.8) is 0 Å². The Kier molecular flexibility index (Phi) is 7.91. The summed E-state index contributed by atoms with van der Waals surface area (Å²) < 4.78 is 20.2. The van der Waals surface area contributed by atoms with Gasteiger partial charge in [0, 0.05) is 11.1 Å². The normalized spacial score (nSPS) is 18.8. The number of ether oxygens (including phenoxy) is 1. The summed E-state index contributed by atoms with van der Waals surface area (Å²) in [5.74, 6) is 1.29. The van der Waals surface area contributed by atoms with Crippen LogP contribution in [0.4, 0.5) is 4.39 Å². The summed E-state index contributed by atoms with van der Waals surface area (Å²) in [5, 5.41) is 9.81. The quantitative estimate of drug-likeness (QED) is 0.418. The Morgan fingerprint density at radius 2 is 1.77 bits per heavy atom. The Morgan fingerprint density at radius 3 is 2.40 bits per heavy atom. The number of unbranched alkanes of at least 4 members (excludes halogenated alkanes) is 2. The van der Waals surface area contributed by atoms with Gasteiger partial charge in [0.2, 0.25) is 0 Å². The van der Waals surface area contributed by atoms with Crippen molar-refractivity contribution >= 4 is 0 Å². The fourth-order valence-electron chi connectivity index (χ4n) is 4.89. The third kappa shape index (κ3) is 4.86. The molecule has 160 valence electrons. The Hall–Kier alpha value is -2.34. The number of rotatable bonds is 8. The monoisotopic (exact) mass is 407 g/mol. The third-order valence-corrected chi connectivity index (χ3v) is 6.75. The first kappa shape index (κ1) is 22.3. The maximum Gasteiger partial charge on any atom is 0.168 e.